The summed E-state index contributed by atoms with van der Waals surface area (Å²) in [6.07, 6.45) is 4.28. The van der Waals surface area contributed by atoms with E-state index in [1.54, 1.807) is 15.9 Å². The van der Waals surface area contributed by atoms with Gasteiger partial charge < -0.3 is 10.1 Å². The Hall–Kier alpha value is -3.10. The standard InChI is InChI=1S/C26H25N3O3S2/c1-2-29-25(31)23-20-10-6-7-11-21(20)34-24(23)28-26(29)33-16-22(30)27-17-12-14-19(15-13-17)32-18-8-4-3-5-9-18/h3-5,8-9,12-15H,2,6-7,10-11,16H2,1H3,(H,27,30). The minimum absolute atomic E-state index is 0.0174. The van der Waals surface area contributed by atoms with Crippen LogP contribution in [0.25, 0.3) is 10.2 Å². The molecule has 5 rings (SSSR count). The van der Waals surface area contributed by atoms with Crippen molar-refractivity contribution in [2.24, 2.45) is 0 Å². The van der Waals surface area contributed by atoms with Gasteiger partial charge in [0.05, 0.1) is 11.1 Å². The first-order chi connectivity index (χ1) is 16.6. The molecule has 0 atom stereocenters. The van der Waals surface area contributed by atoms with E-state index in [1.165, 1.54) is 28.6 Å². The van der Waals surface area contributed by atoms with Crippen molar-refractivity contribution in [2.45, 2.75) is 44.3 Å². The van der Waals surface area contributed by atoms with Crippen LogP contribution in [0, 0.1) is 0 Å². The second-order valence-electron chi connectivity index (χ2n) is 8.11. The average Bonchev–Trinajstić information content (AvgIpc) is 3.23. The van der Waals surface area contributed by atoms with Gasteiger partial charge in [0, 0.05) is 17.1 Å². The molecule has 2 aromatic carbocycles. The van der Waals surface area contributed by atoms with Gasteiger partial charge in [0.1, 0.15) is 16.3 Å². The van der Waals surface area contributed by atoms with Gasteiger partial charge in [-0.05, 0) is 74.6 Å². The minimum atomic E-state index is -0.149. The van der Waals surface area contributed by atoms with Crippen LogP contribution < -0.4 is 15.6 Å². The van der Waals surface area contributed by atoms with Gasteiger partial charge in [-0.3, -0.25) is 14.2 Å². The summed E-state index contributed by atoms with van der Waals surface area (Å²) >= 11 is 2.94. The quantitative estimate of drug-likeness (QED) is 0.258. The lowest BCUT2D eigenvalue weighted by Crippen LogP contribution is -2.24. The van der Waals surface area contributed by atoms with Crippen LogP contribution in [0.15, 0.2) is 64.5 Å². The highest BCUT2D eigenvalue weighted by Gasteiger charge is 2.22. The fourth-order valence-electron chi connectivity index (χ4n) is 4.17. The Balaban J connectivity index is 1.26. The van der Waals surface area contributed by atoms with E-state index < -0.39 is 0 Å². The van der Waals surface area contributed by atoms with E-state index in [0.29, 0.717) is 23.1 Å². The van der Waals surface area contributed by atoms with Crippen molar-refractivity contribution in [3.8, 4) is 11.5 Å². The summed E-state index contributed by atoms with van der Waals surface area (Å²) in [5, 5.41) is 4.29. The van der Waals surface area contributed by atoms with E-state index in [1.807, 2.05) is 61.5 Å². The lowest BCUT2D eigenvalue weighted by atomic mass is 9.97. The first-order valence-corrected chi connectivity index (χ1v) is 13.2. The fraction of sp³-hybridized carbons (Fsp3) is 0.269. The summed E-state index contributed by atoms with van der Waals surface area (Å²) in [5.41, 5.74) is 1.90. The number of benzene rings is 2. The number of nitrogens with one attached hydrogen (secondary N) is 1. The normalized spacial score (nSPS) is 13.0. The Morgan fingerprint density at radius 1 is 1.09 bits per heavy atom. The number of hydrogen-bond donors (Lipinski definition) is 1. The second-order valence-corrected chi connectivity index (χ2v) is 10.1. The van der Waals surface area contributed by atoms with E-state index in [9.17, 15) is 9.59 Å². The maximum absolute atomic E-state index is 13.2. The molecular weight excluding hydrogens is 466 g/mol. The molecule has 1 aliphatic rings. The van der Waals surface area contributed by atoms with E-state index in [4.69, 9.17) is 9.72 Å². The number of para-hydroxylation sites is 1. The molecule has 0 radical (unpaired) electrons. The number of rotatable bonds is 7. The van der Waals surface area contributed by atoms with Crippen LogP contribution in [0.5, 0.6) is 11.5 Å². The first kappa shape index (κ1) is 22.7. The molecule has 0 bridgehead atoms. The molecule has 4 aromatic rings. The lowest BCUT2D eigenvalue weighted by molar-refractivity contribution is -0.113. The maximum atomic E-state index is 13.2. The molecule has 0 fully saturated rings. The summed E-state index contributed by atoms with van der Waals surface area (Å²) in [6, 6.07) is 16.8. The number of carbonyl (C=O) groups is 1. The molecule has 2 aromatic heterocycles. The number of aryl methyl sites for hydroxylation is 2. The Kier molecular flexibility index (Phi) is 6.69. The van der Waals surface area contributed by atoms with Gasteiger partial charge in [0.25, 0.3) is 5.56 Å². The highest BCUT2D eigenvalue weighted by atomic mass is 32.2. The van der Waals surface area contributed by atoms with Gasteiger partial charge in [-0.1, -0.05) is 30.0 Å². The molecule has 0 aliphatic heterocycles. The molecule has 0 spiro atoms. The van der Waals surface area contributed by atoms with Crippen LogP contribution in [-0.2, 0) is 24.2 Å². The lowest BCUT2D eigenvalue weighted by Gasteiger charge is -2.12. The Bertz CT molecular complexity index is 1380. The van der Waals surface area contributed by atoms with Crippen LogP contribution >= 0.6 is 23.1 Å². The molecule has 2 heterocycles. The number of ether oxygens (including phenoxy) is 1. The number of thioether (sulfide) groups is 1. The third-order valence-electron chi connectivity index (χ3n) is 5.81. The van der Waals surface area contributed by atoms with Gasteiger partial charge >= 0.3 is 0 Å². The van der Waals surface area contributed by atoms with Crippen molar-refractivity contribution >= 4 is 44.9 Å². The highest BCUT2D eigenvalue weighted by Crippen LogP contribution is 2.34. The van der Waals surface area contributed by atoms with E-state index in [-0.39, 0.29) is 17.2 Å². The number of fused-ring (bicyclic) bond motifs is 3. The predicted molar refractivity (Wildman–Crippen MR) is 139 cm³/mol. The maximum Gasteiger partial charge on any atom is 0.263 e. The molecule has 34 heavy (non-hydrogen) atoms. The first-order valence-electron chi connectivity index (χ1n) is 11.4. The average molecular weight is 492 g/mol. The van der Waals surface area contributed by atoms with Crippen molar-refractivity contribution in [3.05, 3.63) is 75.4 Å². The Morgan fingerprint density at radius 3 is 2.59 bits per heavy atom. The molecule has 1 aliphatic carbocycles. The SMILES string of the molecule is CCn1c(SCC(=O)Nc2ccc(Oc3ccccc3)cc2)nc2sc3c(c2c1=O)CCCC3. The molecule has 6 nitrogen and oxygen atoms in total. The van der Waals surface area contributed by atoms with Crippen LogP contribution in [0.3, 0.4) is 0 Å². The molecule has 1 amide bonds. The summed E-state index contributed by atoms with van der Waals surface area (Å²) in [6.45, 7) is 2.47. The second kappa shape index (κ2) is 10.0. The third kappa shape index (κ3) is 4.74. The Labute approximate surface area is 206 Å². The van der Waals surface area contributed by atoms with Gasteiger partial charge in [-0.15, -0.1) is 11.3 Å². The fourth-order valence-corrected chi connectivity index (χ4v) is 6.33. The molecule has 8 heteroatoms. The molecule has 0 unspecified atom stereocenters. The van der Waals surface area contributed by atoms with Gasteiger partial charge in [0.15, 0.2) is 5.16 Å². The monoisotopic (exact) mass is 491 g/mol. The zero-order valence-electron chi connectivity index (χ0n) is 18.9. The van der Waals surface area contributed by atoms with Crippen LogP contribution in [0.4, 0.5) is 5.69 Å². The van der Waals surface area contributed by atoms with E-state index in [2.05, 4.69) is 5.32 Å². The minimum Gasteiger partial charge on any atom is -0.457 e. The topological polar surface area (TPSA) is 73.2 Å². The number of thiophene rings is 1. The summed E-state index contributed by atoms with van der Waals surface area (Å²) in [5.74, 6) is 1.48. The number of amides is 1. The highest BCUT2D eigenvalue weighted by molar-refractivity contribution is 7.99. The van der Waals surface area contributed by atoms with E-state index in [0.717, 1.165) is 35.2 Å². The number of nitrogens with zero attached hydrogens (tertiary/aromatic N) is 2. The molecule has 174 valence electrons. The smallest absolute Gasteiger partial charge is 0.263 e. The third-order valence-corrected chi connectivity index (χ3v) is 7.97. The number of carbonyl (C=O) groups excluding carboxylic acids is 1. The van der Waals surface area contributed by atoms with Crippen molar-refractivity contribution in [1.29, 1.82) is 0 Å². The summed E-state index contributed by atoms with van der Waals surface area (Å²) < 4.78 is 7.48. The molecule has 1 N–H and O–H groups in total. The van der Waals surface area contributed by atoms with Gasteiger partial charge in [-0.2, -0.15) is 0 Å². The van der Waals surface area contributed by atoms with Gasteiger partial charge in [0.2, 0.25) is 5.91 Å². The predicted octanol–water partition coefficient (Wildman–Crippen LogP) is 5.88. The van der Waals surface area contributed by atoms with Crippen molar-refractivity contribution in [1.82, 2.24) is 9.55 Å². The van der Waals surface area contributed by atoms with Crippen LogP contribution in [0.2, 0.25) is 0 Å². The zero-order chi connectivity index (χ0) is 23.5. The van der Waals surface area contributed by atoms with Crippen molar-refractivity contribution < 1.29 is 9.53 Å². The summed E-state index contributed by atoms with van der Waals surface area (Å²) in [7, 11) is 0. The summed E-state index contributed by atoms with van der Waals surface area (Å²) in [4.78, 5) is 32.7. The zero-order valence-corrected chi connectivity index (χ0v) is 20.5. The molecule has 0 saturated heterocycles. The van der Waals surface area contributed by atoms with Crippen molar-refractivity contribution in [3.63, 3.8) is 0 Å². The largest absolute Gasteiger partial charge is 0.457 e. The van der Waals surface area contributed by atoms with Crippen LogP contribution in [0.1, 0.15) is 30.2 Å². The number of anilines is 1. The number of hydrogen-bond acceptors (Lipinski definition) is 6. The van der Waals surface area contributed by atoms with Gasteiger partial charge in [-0.25, -0.2) is 4.98 Å². The molecular formula is C26H25N3O3S2. The van der Waals surface area contributed by atoms with E-state index >= 15 is 0 Å². The van der Waals surface area contributed by atoms with Crippen LogP contribution in [-0.4, -0.2) is 21.2 Å². The molecule has 0 saturated carbocycles. The number of aromatic nitrogens is 2. The Morgan fingerprint density at radius 2 is 1.82 bits per heavy atom. The van der Waals surface area contributed by atoms with Crippen molar-refractivity contribution in [2.75, 3.05) is 11.1 Å².